The fourth-order valence-corrected chi connectivity index (χ4v) is 1.13. The lowest BCUT2D eigenvalue weighted by molar-refractivity contribution is -0.153. The Hall–Kier alpha value is -1.37. The van der Waals surface area contributed by atoms with E-state index in [0.717, 1.165) is 0 Å². The molecule has 0 fully saturated rings. The highest BCUT2D eigenvalue weighted by molar-refractivity contribution is 5.25. The molecule has 7 heteroatoms. The molecule has 1 aromatic rings. The third kappa shape index (κ3) is 4.18. The van der Waals surface area contributed by atoms with E-state index in [-0.39, 0.29) is 23.9 Å². The number of nitrogens with zero attached hydrogens (tertiary/aromatic N) is 2. The van der Waals surface area contributed by atoms with Gasteiger partial charge in [-0.2, -0.15) is 13.2 Å². The zero-order valence-electron chi connectivity index (χ0n) is 9.58. The van der Waals surface area contributed by atoms with Gasteiger partial charge in [-0.05, 0) is 0 Å². The van der Waals surface area contributed by atoms with Crippen molar-refractivity contribution >= 4 is 0 Å². The van der Waals surface area contributed by atoms with Crippen molar-refractivity contribution in [3.8, 4) is 5.75 Å². The summed E-state index contributed by atoms with van der Waals surface area (Å²) < 4.78 is 40.6. The summed E-state index contributed by atoms with van der Waals surface area (Å²) in [6, 6.07) is 0. The Balaban J connectivity index is 2.86. The molecule has 0 spiro atoms. The molecule has 0 saturated carbocycles. The van der Waals surface area contributed by atoms with Gasteiger partial charge < -0.3 is 10.5 Å². The van der Waals surface area contributed by atoms with Gasteiger partial charge in [-0.3, -0.25) is 0 Å². The first-order chi connectivity index (χ1) is 7.83. The predicted octanol–water partition coefficient (Wildman–Crippen LogP) is 2.00. The van der Waals surface area contributed by atoms with E-state index in [2.05, 4.69) is 14.7 Å². The van der Waals surface area contributed by atoms with Crippen molar-refractivity contribution < 1.29 is 17.9 Å². The second-order valence-electron chi connectivity index (χ2n) is 3.80. The number of halogens is 3. The number of hydrogen-bond donors (Lipinski definition) is 1. The van der Waals surface area contributed by atoms with Gasteiger partial charge in [0.1, 0.15) is 5.82 Å². The Morgan fingerprint density at radius 1 is 1.41 bits per heavy atom. The van der Waals surface area contributed by atoms with Crippen LogP contribution in [0.3, 0.4) is 0 Å². The van der Waals surface area contributed by atoms with E-state index in [9.17, 15) is 13.2 Å². The Morgan fingerprint density at radius 3 is 2.53 bits per heavy atom. The second kappa shape index (κ2) is 5.31. The summed E-state index contributed by atoms with van der Waals surface area (Å²) in [6.07, 6.45) is -3.15. The Labute approximate surface area is 97.0 Å². The number of alkyl halides is 3. The van der Waals surface area contributed by atoms with E-state index < -0.39 is 12.8 Å². The van der Waals surface area contributed by atoms with E-state index in [1.807, 2.05) is 13.8 Å². The van der Waals surface area contributed by atoms with Gasteiger partial charge in [-0.25, -0.2) is 9.97 Å². The number of nitrogens with two attached hydrogens (primary N) is 1. The molecule has 0 unspecified atom stereocenters. The first-order valence-corrected chi connectivity index (χ1v) is 5.09. The molecule has 0 amide bonds. The van der Waals surface area contributed by atoms with Crippen LogP contribution in [0.15, 0.2) is 6.20 Å². The molecule has 0 bridgehead atoms. The van der Waals surface area contributed by atoms with E-state index >= 15 is 0 Å². The predicted molar refractivity (Wildman–Crippen MR) is 55.6 cm³/mol. The number of rotatable bonds is 4. The van der Waals surface area contributed by atoms with Crippen LogP contribution in [0.2, 0.25) is 0 Å². The topological polar surface area (TPSA) is 61.0 Å². The zero-order chi connectivity index (χ0) is 13.1. The van der Waals surface area contributed by atoms with Gasteiger partial charge in [0.25, 0.3) is 0 Å². The van der Waals surface area contributed by atoms with Crippen molar-refractivity contribution in [3.05, 3.63) is 17.7 Å². The van der Waals surface area contributed by atoms with Gasteiger partial charge in [0.05, 0.1) is 11.9 Å². The van der Waals surface area contributed by atoms with Gasteiger partial charge in [0.2, 0.25) is 0 Å². The molecule has 17 heavy (non-hydrogen) atoms. The molecule has 0 aliphatic heterocycles. The third-order valence-electron chi connectivity index (χ3n) is 1.95. The normalized spacial score (nSPS) is 11.9. The van der Waals surface area contributed by atoms with Crippen LogP contribution in [0.25, 0.3) is 0 Å². The third-order valence-corrected chi connectivity index (χ3v) is 1.95. The molecule has 0 radical (unpaired) electrons. The summed E-state index contributed by atoms with van der Waals surface area (Å²) in [5, 5.41) is 0. The van der Waals surface area contributed by atoms with Crippen molar-refractivity contribution in [1.29, 1.82) is 0 Å². The summed E-state index contributed by atoms with van der Waals surface area (Å²) in [6.45, 7) is 2.40. The van der Waals surface area contributed by atoms with Crippen LogP contribution in [0.1, 0.15) is 31.3 Å². The van der Waals surface area contributed by atoms with Crippen LogP contribution in [0.4, 0.5) is 13.2 Å². The van der Waals surface area contributed by atoms with Gasteiger partial charge >= 0.3 is 6.18 Å². The van der Waals surface area contributed by atoms with E-state index in [4.69, 9.17) is 5.73 Å². The first-order valence-electron chi connectivity index (χ1n) is 5.09. The van der Waals surface area contributed by atoms with Crippen molar-refractivity contribution in [3.63, 3.8) is 0 Å². The molecule has 0 aliphatic rings. The van der Waals surface area contributed by atoms with E-state index in [0.29, 0.717) is 5.82 Å². The van der Waals surface area contributed by atoms with Gasteiger partial charge in [0.15, 0.2) is 12.4 Å². The zero-order valence-corrected chi connectivity index (χ0v) is 9.58. The molecule has 1 aromatic heterocycles. The second-order valence-corrected chi connectivity index (χ2v) is 3.80. The summed E-state index contributed by atoms with van der Waals surface area (Å²) in [5.41, 5.74) is 5.69. The molecule has 0 atom stereocenters. The van der Waals surface area contributed by atoms with Crippen LogP contribution in [-0.4, -0.2) is 22.8 Å². The molecule has 1 heterocycles. The maximum absolute atomic E-state index is 12.0. The Morgan fingerprint density at radius 2 is 2.06 bits per heavy atom. The summed E-state index contributed by atoms with van der Waals surface area (Å²) in [4.78, 5) is 7.99. The highest BCUT2D eigenvalue weighted by Gasteiger charge is 2.29. The molecule has 0 aliphatic carbocycles. The van der Waals surface area contributed by atoms with Crippen LogP contribution >= 0.6 is 0 Å². The van der Waals surface area contributed by atoms with Crippen LogP contribution < -0.4 is 10.5 Å². The quantitative estimate of drug-likeness (QED) is 0.886. The minimum Gasteiger partial charge on any atom is -0.481 e. The first kappa shape index (κ1) is 13.7. The number of hydrogen-bond acceptors (Lipinski definition) is 4. The lowest BCUT2D eigenvalue weighted by Gasteiger charge is -2.13. The minimum atomic E-state index is -4.39. The van der Waals surface area contributed by atoms with Crippen LogP contribution in [0.5, 0.6) is 5.75 Å². The molecule has 96 valence electrons. The van der Waals surface area contributed by atoms with Crippen LogP contribution in [-0.2, 0) is 6.54 Å². The Bertz CT molecular complexity index is 380. The van der Waals surface area contributed by atoms with Crippen LogP contribution in [0, 0.1) is 0 Å². The fourth-order valence-electron chi connectivity index (χ4n) is 1.13. The van der Waals surface area contributed by atoms with Gasteiger partial charge in [-0.1, -0.05) is 13.8 Å². The minimum absolute atomic E-state index is 0.00936. The molecule has 4 nitrogen and oxygen atoms in total. The summed E-state index contributed by atoms with van der Waals surface area (Å²) in [5.74, 6) is 0.594. The number of aromatic nitrogens is 2. The molecule has 2 N–H and O–H groups in total. The number of ether oxygens (including phenoxy) is 1. The maximum Gasteiger partial charge on any atom is 0.422 e. The van der Waals surface area contributed by atoms with E-state index in [1.54, 1.807) is 0 Å². The molecular weight excluding hydrogens is 235 g/mol. The average molecular weight is 249 g/mol. The van der Waals surface area contributed by atoms with Gasteiger partial charge in [-0.15, -0.1) is 0 Å². The Kier molecular flexibility index (Phi) is 4.28. The molecular formula is C10H14F3N3O. The summed E-state index contributed by atoms with van der Waals surface area (Å²) >= 11 is 0. The SMILES string of the molecule is CC(C)c1ncc(OCC(F)(F)F)c(CN)n1. The smallest absolute Gasteiger partial charge is 0.422 e. The van der Waals surface area contributed by atoms with Crippen molar-refractivity contribution in [2.24, 2.45) is 5.73 Å². The largest absolute Gasteiger partial charge is 0.481 e. The van der Waals surface area contributed by atoms with Gasteiger partial charge in [0, 0.05) is 12.5 Å². The van der Waals surface area contributed by atoms with E-state index in [1.165, 1.54) is 6.20 Å². The lowest BCUT2D eigenvalue weighted by atomic mass is 10.2. The maximum atomic E-state index is 12.0. The standard InChI is InChI=1S/C10H14F3N3O/c1-6(2)9-15-4-8(7(3-14)16-9)17-5-10(11,12)13/h4,6H,3,5,14H2,1-2H3. The highest BCUT2D eigenvalue weighted by Crippen LogP contribution is 2.21. The average Bonchev–Trinajstić information content (AvgIpc) is 2.24. The molecule has 0 saturated heterocycles. The summed E-state index contributed by atoms with van der Waals surface area (Å²) in [7, 11) is 0. The lowest BCUT2D eigenvalue weighted by Crippen LogP contribution is -2.20. The highest BCUT2D eigenvalue weighted by atomic mass is 19.4. The monoisotopic (exact) mass is 249 g/mol. The van der Waals surface area contributed by atoms with Crippen molar-refractivity contribution in [1.82, 2.24) is 9.97 Å². The van der Waals surface area contributed by atoms with Crippen molar-refractivity contribution in [2.45, 2.75) is 32.5 Å². The van der Waals surface area contributed by atoms with Crippen molar-refractivity contribution in [2.75, 3.05) is 6.61 Å². The molecule has 1 rings (SSSR count). The molecule has 0 aromatic carbocycles. The fraction of sp³-hybridized carbons (Fsp3) is 0.600.